The maximum atomic E-state index is 12.9. The highest BCUT2D eigenvalue weighted by molar-refractivity contribution is 7.47. The first-order chi connectivity index (χ1) is 44.0. The van der Waals surface area contributed by atoms with Crippen LogP contribution in [-0.2, 0) is 32.7 Å². The molecule has 0 spiro atoms. The molecule has 0 amide bonds. The SMILES string of the molecule is CC/C=C\C/C=C\C/C=C\C/C=C\C/C=C\C/C=C\C/C=C\C/C=C\C/C=C\CCCCCCCC(=O)OC(COC(=O)CCCCCCCCCCCCCCCCCCCCCCC/C=C\CCCCCCCCCC)COP(=O)(O)OCC[N+](C)(C)C. The number of hydrogen-bond donors (Lipinski definition) is 1. The minimum atomic E-state index is -4.41. The largest absolute Gasteiger partial charge is 0.472 e. The lowest BCUT2D eigenvalue weighted by molar-refractivity contribution is -0.870. The first kappa shape index (κ1) is 86.4. The molecule has 0 saturated heterocycles. The molecule has 0 aromatic carbocycles. The zero-order valence-electron chi connectivity index (χ0n) is 59.1. The van der Waals surface area contributed by atoms with Crippen molar-refractivity contribution < 1.29 is 42.1 Å². The van der Waals surface area contributed by atoms with E-state index in [-0.39, 0.29) is 32.0 Å². The molecule has 0 bridgehead atoms. The summed E-state index contributed by atoms with van der Waals surface area (Å²) in [5, 5.41) is 0. The number of nitrogens with zero attached hydrogens (tertiary/aromatic N) is 1. The lowest BCUT2D eigenvalue weighted by Gasteiger charge is -2.24. The molecule has 90 heavy (non-hydrogen) atoms. The monoisotopic (exact) mass is 1280 g/mol. The topological polar surface area (TPSA) is 108 Å². The van der Waals surface area contributed by atoms with Gasteiger partial charge in [0.15, 0.2) is 6.10 Å². The fraction of sp³-hybridized carbons (Fsp3) is 0.725. The number of carbonyl (C=O) groups is 2. The Hall–Kier alpha value is -3.59. The number of ether oxygens (including phenoxy) is 2. The van der Waals surface area contributed by atoms with Crippen molar-refractivity contribution in [1.82, 2.24) is 0 Å². The van der Waals surface area contributed by atoms with E-state index in [9.17, 15) is 19.0 Å². The van der Waals surface area contributed by atoms with E-state index >= 15 is 0 Å². The second-order valence-electron chi connectivity index (χ2n) is 25.9. The molecule has 0 aromatic rings. The number of quaternary nitrogens is 1. The van der Waals surface area contributed by atoms with Gasteiger partial charge >= 0.3 is 19.8 Å². The van der Waals surface area contributed by atoms with Crippen LogP contribution in [0.2, 0.25) is 0 Å². The standard InChI is InChI=1S/C80H140NO8P/c1-6-8-10-12-14-16-18-20-22-24-26-28-30-32-34-36-38-40-42-44-46-48-50-52-54-56-58-60-62-64-66-68-70-72-79(82)86-76-78(77-88-90(84,85)87-75-74-81(3,4)5)89-80(83)73-71-69-67-65-63-61-59-57-55-53-51-49-47-45-43-41-39-37-35-33-31-29-27-25-23-21-19-17-15-13-11-9-7-2/h9,11,15,17,21,23-24,26-27,29,33,35,39,41,45,47,51,53,57,59,78H,6-8,10,12-14,16,18-20,22,25,28,30-32,34,36-38,40,42-44,46,48-50,52,54-56,58,60-77H2,1-5H3/p+1/b11-9-,17-15-,23-21-,26-24-,29-27-,35-33-,41-39-,47-45-,53-51-,59-57-. The van der Waals surface area contributed by atoms with Crippen molar-refractivity contribution in [2.75, 3.05) is 47.5 Å². The van der Waals surface area contributed by atoms with Crippen molar-refractivity contribution in [2.24, 2.45) is 0 Å². The van der Waals surface area contributed by atoms with Crippen LogP contribution in [0.5, 0.6) is 0 Å². The lowest BCUT2D eigenvalue weighted by Crippen LogP contribution is -2.37. The van der Waals surface area contributed by atoms with E-state index in [0.29, 0.717) is 17.4 Å². The van der Waals surface area contributed by atoms with Crippen LogP contribution in [0.15, 0.2) is 122 Å². The van der Waals surface area contributed by atoms with Crippen LogP contribution < -0.4 is 0 Å². The number of rotatable bonds is 68. The molecule has 0 fully saturated rings. The number of carbonyl (C=O) groups excluding carboxylic acids is 2. The summed E-state index contributed by atoms with van der Waals surface area (Å²) in [5.74, 6) is -0.815. The van der Waals surface area contributed by atoms with Gasteiger partial charge in [0.1, 0.15) is 19.8 Å². The average Bonchev–Trinajstić information content (AvgIpc) is 3.58. The molecule has 0 heterocycles. The first-order valence-corrected chi connectivity index (χ1v) is 38.8. The lowest BCUT2D eigenvalue weighted by atomic mass is 10.0. The van der Waals surface area contributed by atoms with Gasteiger partial charge in [0.25, 0.3) is 0 Å². The Kier molecular flexibility index (Phi) is 67.0. The van der Waals surface area contributed by atoms with E-state index < -0.39 is 26.5 Å². The van der Waals surface area contributed by atoms with Crippen LogP contribution in [0, 0.1) is 0 Å². The molecule has 0 saturated carbocycles. The highest BCUT2D eigenvalue weighted by Crippen LogP contribution is 2.43. The summed E-state index contributed by atoms with van der Waals surface area (Å²) in [7, 11) is 1.46. The van der Waals surface area contributed by atoms with Gasteiger partial charge in [0.2, 0.25) is 0 Å². The van der Waals surface area contributed by atoms with Gasteiger partial charge in [-0.3, -0.25) is 18.6 Å². The van der Waals surface area contributed by atoms with E-state index in [1.807, 2.05) is 21.1 Å². The van der Waals surface area contributed by atoms with Gasteiger partial charge in [0.05, 0.1) is 27.7 Å². The van der Waals surface area contributed by atoms with Crippen LogP contribution in [0.25, 0.3) is 0 Å². The number of hydrogen-bond acceptors (Lipinski definition) is 7. The minimum absolute atomic E-state index is 0.0228. The van der Waals surface area contributed by atoms with Gasteiger partial charge in [-0.2, -0.15) is 0 Å². The summed E-state index contributed by atoms with van der Waals surface area (Å²) in [5.41, 5.74) is 0. The predicted octanol–water partition coefficient (Wildman–Crippen LogP) is 24.6. The average molecular weight is 1280 g/mol. The quantitative estimate of drug-likeness (QED) is 0.0211. The molecule has 2 unspecified atom stereocenters. The van der Waals surface area contributed by atoms with Crippen LogP contribution in [0.1, 0.15) is 322 Å². The molecule has 0 radical (unpaired) electrons. The maximum Gasteiger partial charge on any atom is 0.472 e. The van der Waals surface area contributed by atoms with Crippen LogP contribution in [0.4, 0.5) is 0 Å². The van der Waals surface area contributed by atoms with Gasteiger partial charge in [-0.25, -0.2) is 4.57 Å². The molecule has 9 nitrogen and oxygen atoms in total. The molecular weight excluding hydrogens is 1130 g/mol. The molecule has 10 heteroatoms. The van der Waals surface area contributed by atoms with Gasteiger partial charge in [-0.05, 0) is 109 Å². The normalized spacial score (nSPS) is 13.8. The number of allylic oxidation sites excluding steroid dienone is 20. The molecule has 0 aliphatic rings. The maximum absolute atomic E-state index is 12.9. The van der Waals surface area contributed by atoms with E-state index in [1.54, 1.807) is 0 Å². The molecule has 0 aliphatic heterocycles. The highest BCUT2D eigenvalue weighted by Gasteiger charge is 2.27. The van der Waals surface area contributed by atoms with E-state index in [1.165, 1.54) is 180 Å². The number of likely N-dealkylation sites (N-methyl/N-ethyl adjacent to an activating group) is 1. The fourth-order valence-electron chi connectivity index (χ4n) is 10.3. The van der Waals surface area contributed by atoms with Gasteiger partial charge in [-0.15, -0.1) is 0 Å². The minimum Gasteiger partial charge on any atom is -0.462 e. The Morgan fingerprint density at radius 1 is 0.356 bits per heavy atom. The fourth-order valence-corrected chi connectivity index (χ4v) is 11.0. The summed E-state index contributed by atoms with van der Waals surface area (Å²) < 4.78 is 34.7. The molecule has 0 aliphatic carbocycles. The van der Waals surface area contributed by atoms with E-state index in [4.69, 9.17) is 18.5 Å². The van der Waals surface area contributed by atoms with Crippen molar-refractivity contribution in [3.05, 3.63) is 122 Å². The number of phosphoric acid groups is 1. The molecular formula is C80H141NO8P+. The van der Waals surface area contributed by atoms with Crippen LogP contribution in [0.3, 0.4) is 0 Å². The van der Waals surface area contributed by atoms with Gasteiger partial charge in [-0.1, -0.05) is 322 Å². The highest BCUT2D eigenvalue weighted by atomic mass is 31.2. The van der Waals surface area contributed by atoms with E-state index in [2.05, 4.69) is 135 Å². The smallest absolute Gasteiger partial charge is 0.462 e. The van der Waals surface area contributed by atoms with Crippen molar-refractivity contribution >= 4 is 19.8 Å². The van der Waals surface area contributed by atoms with Crippen LogP contribution >= 0.6 is 7.82 Å². The Labute approximate surface area is 556 Å². The Morgan fingerprint density at radius 2 is 0.633 bits per heavy atom. The molecule has 0 aromatic heterocycles. The molecule has 0 rings (SSSR count). The molecule has 518 valence electrons. The summed E-state index contributed by atoms with van der Waals surface area (Å²) in [6, 6.07) is 0. The zero-order valence-corrected chi connectivity index (χ0v) is 60.0. The second kappa shape index (κ2) is 69.7. The summed E-state index contributed by atoms with van der Waals surface area (Å²) >= 11 is 0. The van der Waals surface area contributed by atoms with Crippen molar-refractivity contribution in [3.8, 4) is 0 Å². The van der Waals surface area contributed by atoms with Crippen molar-refractivity contribution in [3.63, 3.8) is 0 Å². The number of unbranched alkanes of at least 4 members (excludes halogenated alkanes) is 34. The summed E-state index contributed by atoms with van der Waals surface area (Å²) in [6.07, 6.45) is 100. The Balaban J connectivity index is 4.08. The third-order valence-corrected chi connectivity index (χ3v) is 17.0. The summed E-state index contributed by atoms with van der Waals surface area (Å²) in [6.45, 7) is 4.32. The number of phosphoric ester groups is 1. The predicted molar refractivity (Wildman–Crippen MR) is 390 cm³/mol. The van der Waals surface area contributed by atoms with Gasteiger partial charge < -0.3 is 18.9 Å². The van der Waals surface area contributed by atoms with Crippen LogP contribution in [-0.4, -0.2) is 74.9 Å². The summed E-state index contributed by atoms with van der Waals surface area (Å²) in [4.78, 5) is 35.9. The Bertz CT molecular complexity index is 1940. The molecule has 1 N–H and O–H groups in total. The third kappa shape index (κ3) is 73.5. The van der Waals surface area contributed by atoms with Crippen molar-refractivity contribution in [2.45, 2.75) is 328 Å². The van der Waals surface area contributed by atoms with E-state index in [0.717, 1.165) is 109 Å². The molecule has 2 atom stereocenters. The van der Waals surface area contributed by atoms with Gasteiger partial charge in [0, 0.05) is 12.8 Å². The first-order valence-electron chi connectivity index (χ1n) is 37.3. The van der Waals surface area contributed by atoms with Crippen molar-refractivity contribution in [1.29, 1.82) is 0 Å². The third-order valence-electron chi connectivity index (χ3n) is 16.0. The number of esters is 2. The second-order valence-corrected chi connectivity index (χ2v) is 27.4. The Morgan fingerprint density at radius 3 is 0.956 bits per heavy atom. The zero-order chi connectivity index (χ0) is 65.5.